The standard InChI is InChI=1S/C19H35N3O3/c1-18(2,3)25-17(24)22-12-8-15(9-13-22)16(23)20-14-19(21(4)5)10-6-7-11-19/h15H,6-14H2,1-5H3,(H,20,23). The number of nitrogens with one attached hydrogen (secondary N) is 1. The highest BCUT2D eigenvalue weighted by atomic mass is 16.6. The molecule has 0 aromatic heterocycles. The Kier molecular flexibility index (Phi) is 6.35. The third-order valence-corrected chi connectivity index (χ3v) is 5.59. The highest BCUT2D eigenvalue weighted by Crippen LogP contribution is 2.33. The van der Waals surface area contributed by atoms with Crippen molar-refractivity contribution in [3.05, 3.63) is 0 Å². The normalized spacial score (nSPS) is 21.4. The summed E-state index contributed by atoms with van der Waals surface area (Å²) >= 11 is 0. The number of hydrogen-bond acceptors (Lipinski definition) is 4. The predicted octanol–water partition coefficient (Wildman–Crippen LogP) is 2.62. The Morgan fingerprint density at radius 3 is 2.20 bits per heavy atom. The van der Waals surface area contributed by atoms with Gasteiger partial charge in [0.2, 0.25) is 5.91 Å². The van der Waals surface area contributed by atoms with E-state index in [9.17, 15) is 9.59 Å². The minimum atomic E-state index is -0.479. The van der Waals surface area contributed by atoms with Crippen LogP contribution in [0.5, 0.6) is 0 Å². The minimum Gasteiger partial charge on any atom is -0.444 e. The van der Waals surface area contributed by atoms with Crippen molar-refractivity contribution in [1.29, 1.82) is 0 Å². The van der Waals surface area contributed by atoms with Gasteiger partial charge in [-0.1, -0.05) is 12.8 Å². The smallest absolute Gasteiger partial charge is 0.410 e. The summed E-state index contributed by atoms with van der Waals surface area (Å²) in [5, 5.41) is 3.18. The first-order valence-electron chi connectivity index (χ1n) is 9.56. The van der Waals surface area contributed by atoms with Gasteiger partial charge in [-0.2, -0.15) is 0 Å². The molecule has 1 aliphatic heterocycles. The van der Waals surface area contributed by atoms with Gasteiger partial charge in [0.25, 0.3) is 0 Å². The van der Waals surface area contributed by atoms with Crippen LogP contribution in [0.25, 0.3) is 0 Å². The van der Waals surface area contributed by atoms with Crippen LogP contribution >= 0.6 is 0 Å². The van der Waals surface area contributed by atoms with E-state index >= 15 is 0 Å². The quantitative estimate of drug-likeness (QED) is 0.844. The molecule has 1 N–H and O–H groups in total. The third-order valence-electron chi connectivity index (χ3n) is 5.59. The highest BCUT2D eigenvalue weighted by Gasteiger charge is 2.37. The SMILES string of the molecule is CN(C)C1(CNC(=O)C2CCN(C(=O)OC(C)(C)C)CC2)CCCC1. The molecule has 1 aliphatic carbocycles. The second kappa shape index (κ2) is 7.94. The lowest BCUT2D eigenvalue weighted by Crippen LogP contribution is -2.52. The Morgan fingerprint density at radius 2 is 1.72 bits per heavy atom. The zero-order valence-electron chi connectivity index (χ0n) is 16.6. The molecule has 0 spiro atoms. The first kappa shape index (κ1) is 20.0. The van der Waals surface area contributed by atoms with Crippen LogP contribution in [0.4, 0.5) is 4.79 Å². The summed E-state index contributed by atoms with van der Waals surface area (Å²) in [6.07, 6.45) is 5.92. The van der Waals surface area contributed by atoms with Crippen molar-refractivity contribution >= 4 is 12.0 Å². The lowest BCUT2D eigenvalue weighted by molar-refractivity contribution is -0.127. The van der Waals surface area contributed by atoms with Crippen LogP contribution in [0.15, 0.2) is 0 Å². The zero-order chi connectivity index (χ0) is 18.7. The number of amides is 2. The molecule has 2 rings (SSSR count). The molecule has 6 nitrogen and oxygen atoms in total. The monoisotopic (exact) mass is 353 g/mol. The lowest BCUT2D eigenvalue weighted by Gasteiger charge is -2.37. The second-order valence-corrected chi connectivity index (χ2v) is 8.79. The summed E-state index contributed by atoms with van der Waals surface area (Å²) in [7, 11) is 4.22. The summed E-state index contributed by atoms with van der Waals surface area (Å²) in [6.45, 7) is 7.51. The Bertz CT molecular complexity index is 471. The predicted molar refractivity (Wildman–Crippen MR) is 98.4 cm³/mol. The van der Waals surface area contributed by atoms with Crippen LogP contribution in [-0.2, 0) is 9.53 Å². The van der Waals surface area contributed by atoms with Gasteiger partial charge in [-0.3, -0.25) is 4.79 Å². The van der Waals surface area contributed by atoms with Crippen LogP contribution in [0.1, 0.15) is 59.3 Å². The molecule has 1 saturated heterocycles. The van der Waals surface area contributed by atoms with Gasteiger partial charge in [-0.25, -0.2) is 4.79 Å². The molecule has 0 bridgehead atoms. The van der Waals surface area contributed by atoms with Crippen LogP contribution < -0.4 is 5.32 Å². The fourth-order valence-corrected chi connectivity index (χ4v) is 3.86. The summed E-state index contributed by atoms with van der Waals surface area (Å²) in [4.78, 5) is 28.7. The van der Waals surface area contributed by atoms with Crippen molar-refractivity contribution in [2.24, 2.45) is 5.92 Å². The molecule has 2 amide bonds. The summed E-state index contributed by atoms with van der Waals surface area (Å²) in [5.41, 5.74) is -0.361. The summed E-state index contributed by atoms with van der Waals surface area (Å²) < 4.78 is 5.41. The fourth-order valence-electron chi connectivity index (χ4n) is 3.86. The van der Waals surface area contributed by atoms with Crippen molar-refractivity contribution in [2.75, 3.05) is 33.7 Å². The lowest BCUT2D eigenvalue weighted by atomic mass is 9.93. The van der Waals surface area contributed by atoms with Crippen molar-refractivity contribution in [2.45, 2.75) is 70.4 Å². The molecule has 2 fully saturated rings. The van der Waals surface area contributed by atoms with E-state index in [0.717, 1.165) is 19.4 Å². The van der Waals surface area contributed by atoms with E-state index in [0.29, 0.717) is 25.9 Å². The van der Waals surface area contributed by atoms with Gasteiger partial charge in [0.05, 0.1) is 0 Å². The van der Waals surface area contributed by atoms with Crippen LogP contribution in [-0.4, -0.2) is 66.7 Å². The molecule has 144 valence electrons. The van der Waals surface area contributed by atoms with Gasteiger partial charge < -0.3 is 19.9 Å². The van der Waals surface area contributed by atoms with Gasteiger partial charge in [0, 0.05) is 31.1 Å². The molecular formula is C19H35N3O3. The average Bonchev–Trinajstić information content (AvgIpc) is 3.01. The van der Waals surface area contributed by atoms with Crippen LogP contribution in [0.2, 0.25) is 0 Å². The van der Waals surface area contributed by atoms with E-state index in [1.807, 2.05) is 20.8 Å². The summed E-state index contributed by atoms with van der Waals surface area (Å²) in [6, 6.07) is 0. The molecule has 25 heavy (non-hydrogen) atoms. The van der Waals surface area contributed by atoms with Crippen molar-refractivity contribution in [3.63, 3.8) is 0 Å². The average molecular weight is 354 g/mol. The molecule has 0 aromatic carbocycles. The largest absolute Gasteiger partial charge is 0.444 e. The maximum absolute atomic E-state index is 12.6. The van der Waals surface area contributed by atoms with Crippen LogP contribution in [0.3, 0.4) is 0 Å². The maximum atomic E-state index is 12.6. The topological polar surface area (TPSA) is 61.9 Å². The number of hydrogen-bond donors (Lipinski definition) is 1. The Labute approximate surface area is 152 Å². The number of likely N-dealkylation sites (tertiary alicyclic amines) is 1. The van der Waals surface area contributed by atoms with Gasteiger partial charge in [0.1, 0.15) is 5.60 Å². The molecule has 6 heteroatoms. The third kappa shape index (κ3) is 5.33. The van der Waals surface area contributed by atoms with E-state index in [4.69, 9.17) is 4.74 Å². The molecule has 0 aromatic rings. The Balaban J connectivity index is 1.78. The minimum absolute atomic E-state index is 0.000646. The van der Waals surface area contributed by atoms with E-state index in [1.54, 1.807) is 4.90 Å². The van der Waals surface area contributed by atoms with Gasteiger partial charge in [-0.05, 0) is 60.5 Å². The molecule has 0 atom stereocenters. The second-order valence-electron chi connectivity index (χ2n) is 8.79. The van der Waals surface area contributed by atoms with Crippen molar-refractivity contribution < 1.29 is 14.3 Å². The van der Waals surface area contributed by atoms with Crippen molar-refractivity contribution in [3.8, 4) is 0 Å². The van der Waals surface area contributed by atoms with Gasteiger partial charge >= 0.3 is 6.09 Å². The molecule has 1 saturated carbocycles. The number of ether oxygens (including phenoxy) is 1. The number of nitrogens with zero attached hydrogens (tertiary/aromatic N) is 2. The Morgan fingerprint density at radius 1 is 1.16 bits per heavy atom. The van der Waals surface area contributed by atoms with E-state index in [-0.39, 0.29) is 23.5 Å². The van der Waals surface area contributed by atoms with Crippen molar-refractivity contribution in [1.82, 2.24) is 15.1 Å². The number of carbonyl (C=O) groups excluding carboxylic acids is 2. The number of piperidine rings is 1. The van der Waals surface area contributed by atoms with E-state index in [2.05, 4.69) is 24.3 Å². The number of rotatable bonds is 4. The van der Waals surface area contributed by atoms with E-state index < -0.39 is 5.60 Å². The molecule has 0 radical (unpaired) electrons. The van der Waals surface area contributed by atoms with Crippen LogP contribution in [0, 0.1) is 5.92 Å². The molecule has 1 heterocycles. The van der Waals surface area contributed by atoms with Gasteiger partial charge in [-0.15, -0.1) is 0 Å². The molecule has 0 unspecified atom stereocenters. The molecular weight excluding hydrogens is 318 g/mol. The highest BCUT2D eigenvalue weighted by molar-refractivity contribution is 5.79. The summed E-state index contributed by atoms with van der Waals surface area (Å²) in [5.74, 6) is 0.135. The first-order chi connectivity index (χ1) is 11.6. The fraction of sp³-hybridized carbons (Fsp3) is 0.895. The van der Waals surface area contributed by atoms with E-state index in [1.165, 1.54) is 12.8 Å². The molecule has 2 aliphatic rings. The number of carbonyl (C=O) groups is 2. The zero-order valence-corrected chi connectivity index (χ0v) is 16.6. The maximum Gasteiger partial charge on any atom is 0.410 e. The number of likely N-dealkylation sites (N-methyl/N-ethyl adjacent to an activating group) is 1. The van der Waals surface area contributed by atoms with Gasteiger partial charge in [0.15, 0.2) is 0 Å². The first-order valence-corrected chi connectivity index (χ1v) is 9.56. The Hall–Kier alpha value is -1.30.